The quantitative estimate of drug-likeness (QED) is 0.619. The van der Waals surface area contributed by atoms with Crippen LogP contribution in [0.2, 0.25) is 0 Å². The van der Waals surface area contributed by atoms with Crippen LogP contribution in [0.5, 0.6) is 17.2 Å². The molecular weight excluding hydrogens is 394 g/mol. The fourth-order valence-corrected chi connectivity index (χ4v) is 5.61. The lowest BCUT2D eigenvalue weighted by Gasteiger charge is -2.14. The minimum atomic E-state index is -0.249. The van der Waals surface area contributed by atoms with Crippen molar-refractivity contribution in [2.24, 2.45) is 0 Å². The predicted octanol–water partition coefficient (Wildman–Crippen LogP) is 4.98. The molecule has 7 heteroatoms. The highest BCUT2D eigenvalue weighted by molar-refractivity contribution is 8.19. The first-order valence-corrected chi connectivity index (χ1v) is 11.4. The number of amides is 1. The summed E-state index contributed by atoms with van der Waals surface area (Å²) >= 11 is 3.93. The fourth-order valence-electron chi connectivity index (χ4n) is 2.75. The van der Waals surface area contributed by atoms with E-state index in [2.05, 4.69) is 17.4 Å². The van der Waals surface area contributed by atoms with Crippen molar-refractivity contribution in [2.75, 3.05) is 36.6 Å². The molecule has 0 radical (unpaired) electrons. The van der Waals surface area contributed by atoms with Gasteiger partial charge < -0.3 is 19.5 Å². The van der Waals surface area contributed by atoms with Crippen molar-refractivity contribution in [2.45, 2.75) is 18.4 Å². The van der Waals surface area contributed by atoms with Crippen molar-refractivity contribution in [3.05, 3.63) is 48.0 Å². The van der Waals surface area contributed by atoms with Crippen LogP contribution in [0.15, 0.2) is 42.5 Å². The van der Waals surface area contributed by atoms with Crippen molar-refractivity contribution in [1.29, 1.82) is 0 Å². The van der Waals surface area contributed by atoms with E-state index in [0.717, 1.165) is 0 Å². The van der Waals surface area contributed by atoms with Gasteiger partial charge in [-0.25, -0.2) is 0 Å². The molecule has 28 heavy (non-hydrogen) atoms. The van der Waals surface area contributed by atoms with Gasteiger partial charge in [0.05, 0.1) is 23.5 Å². The van der Waals surface area contributed by atoms with E-state index in [4.69, 9.17) is 14.2 Å². The van der Waals surface area contributed by atoms with Crippen LogP contribution in [0, 0.1) is 0 Å². The van der Waals surface area contributed by atoms with Gasteiger partial charge in [0.1, 0.15) is 17.2 Å². The van der Waals surface area contributed by atoms with E-state index in [1.165, 1.54) is 17.1 Å². The molecule has 1 aliphatic rings. The van der Waals surface area contributed by atoms with Gasteiger partial charge in [-0.15, -0.1) is 23.5 Å². The topological polar surface area (TPSA) is 56.8 Å². The zero-order valence-electron chi connectivity index (χ0n) is 16.1. The highest BCUT2D eigenvalue weighted by atomic mass is 32.2. The molecule has 1 N–H and O–H groups in total. The first kappa shape index (κ1) is 20.7. The maximum atomic E-state index is 12.3. The molecule has 1 heterocycles. The minimum absolute atomic E-state index is 0.0727. The third kappa shape index (κ3) is 5.75. The van der Waals surface area contributed by atoms with E-state index in [-0.39, 0.29) is 12.5 Å². The second-order valence-electron chi connectivity index (χ2n) is 6.00. The molecule has 2 aromatic rings. The zero-order chi connectivity index (χ0) is 19.8. The van der Waals surface area contributed by atoms with Crippen molar-refractivity contribution in [3.63, 3.8) is 0 Å². The largest absolute Gasteiger partial charge is 0.494 e. The van der Waals surface area contributed by atoms with Crippen LogP contribution in [0.3, 0.4) is 0 Å². The van der Waals surface area contributed by atoms with Gasteiger partial charge in [0.25, 0.3) is 5.91 Å². The van der Waals surface area contributed by atoms with Crippen molar-refractivity contribution in [1.82, 2.24) is 0 Å². The van der Waals surface area contributed by atoms with E-state index in [1.54, 1.807) is 12.1 Å². The summed E-state index contributed by atoms with van der Waals surface area (Å²) in [6.07, 6.45) is 0. The van der Waals surface area contributed by atoms with Crippen LogP contribution in [-0.2, 0) is 4.79 Å². The van der Waals surface area contributed by atoms with Gasteiger partial charge in [-0.05, 0) is 43.7 Å². The summed E-state index contributed by atoms with van der Waals surface area (Å²) in [5.74, 6) is 4.11. The molecule has 1 aliphatic heterocycles. The standard InChI is InChI=1S/C21H25NO4S2/c1-3-24-17-9-10-19(25-4-2)18(13-17)22-20(23)14-26-16-7-5-15(6-8-16)21-27-11-12-28-21/h5-10,13,21H,3-4,11-12,14H2,1-2H3,(H,22,23). The van der Waals surface area contributed by atoms with Crippen LogP contribution < -0.4 is 19.5 Å². The lowest BCUT2D eigenvalue weighted by Crippen LogP contribution is -2.20. The number of benzene rings is 2. The van der Waals surface area contributed by atoms with Crippen LogP contribution in [-0.4, -0.2) is 37.2 Å². The smallest absolute Gasteiger partial charge is 0.262 e. The first-order valence-electron chi connectivity index (χ1n) is 9.35. The third-order valence-electron chi connectivity index (χ3n) is 3.98. The summed E-state index contributed by atoms with van der Waals surface area (Å²) in [4.78, 5) is 12.3. The summed E-state index contributed by atoms with van der Waals surface area (Å²) in [7, 11) is 0. The van der Waals surface area contributed by atoms with Crippen LogP contribution >= 0.6 is 23.5 Å². The molecule has 1 fully saturated rings. The molecule has 3 rings (SSSR count). The van der Waals surface area contributed by atoms with Gasteiger partial charge in [0, 0.05) is 17.6 Å². The average molecular weight is 420 g/mol. The van der Waals surface area contributed by atoms with E-state index in [0.29, 0.717) is 40.7 Å². The molecule has 0 aromatic heterocycles. The van der Waals surface area contributed by atoms with E-state index < -0.39 is 0 Å². The second-order valence-corrected chi connectivity index (χ2v) is 8.73. The molecule has 1 amide bonds. The summed E-state index contributed by atoms with van der Waals surface area (Å²) in [5, 5.41) is 2.84. The Balaban J connectivity index is 1.57. The number of nitrogens with one attached hydrogen (secondary N) is 1. The Bertz CT molecular complexity index is 776. The molecular formula is C21H25NO4S2. The molecule has 0 bridgehead atoms. The van der Waals surface area contributed by atoms with Crippen LogP contribution in [0.1, 0.15) is 24.0 Å². The number of carbonyl (C=O) groups excluding carboxylic acids is 1. The normalized spacial score (nSPS) is 13.9. The molecule has 150 valence electrons. The number of anilines is 1. The SMILES string of the molecule is CCOc1ccc(OCC)c(NC(=O)COc2ccc(C3SCCS3)cc2)c1. The fraction of sp³-hybridized carbons (Fsp3) is 0.381. The molecule has 0 saturated carbocycles. The molecule has 0 spiro atoms. The Labute approximate surface area is 174 Å². The maximum Gasteiger partial charge on any atom is 0.262 e. The van der Waals surface area contributed by atoms with Crippen LogP contribution in [0.4, 0.5) is 5.69 Å². The molecule has 0 unspecified atom stereocenters. The van der Waals surface area contributed by atoms with E-state index in [1.807, 2.05) is 55.6 Å². The molecule has 0 aliphatic carbocycles. The third-order valence-corrected chi connectivity index (χ3v) is 7.08. The summed E-state index contributed by atoms with van der Waals surface area (Å²) < 4.78 is 17.2. The van der Waals surface area contributed by atoms with Gasteiger partial charge in [-0.1, -0.05) is 12.1 Å². The molecule has 1 saturated heterocycles. The van der Waals surface area contributed by atoms with Crippen molar-refractivity contribution < 1.29 is 19.0 Å². The van der Waals surface area contributed by atoms with E-state index >= 15 is 0 Å². The Morgan fingerprint density at radius 2 is 1.64 bits per heavy atom. The Morgan fingerprint density at radius 3 is 2.32 bits per heavy atom. The van der Waals surface area contributed by atoms with Crippen molar-refractivity contribution in [3.8, 4) is 17.2 Å². The number of carbonyl (C=O) groups is 1. The van der Waals surface area contributed by atoms with Crippen LogP contribution in [0.25, 0.3) is 0 Å². The lowest BCUT2D eigenvalue weighted by atomic mass is 10.2. The van der Waals surface area contributed by atoms with Gasteiger partial charge in [-0.3, -0.25) is 4.79 Å². The zero-order valence-corrected chi connectivity index (χ0v) is 17.7. The highest BCUT2D eigenvalue weighted by Gasteiger charge is 2.18. The van der Waals surface area contributed by atoms with Gasteiger partial charge in [0.2, 0.25) is 0 Å². The minimum Gasteiger partial charge on any atom is -0.494 e. The average Bonchev–Trinajstić information content (AvgIpc) is 3.24. The van der Waals surface area contributed by atoms with E-state index in [9.17, 15) is 4.79 Å². The first-order chi connectivity index (χ1) is 13.7. The molecule has 5 nitrogen and oxygen atoms in total. The molecule has 2 aromatic carbocycles. The van der Waals surface area contributed by atoms with Gasteiger partial charge >= 0.3 is 0 Å². The second kappa shape index (κ2) is 10.5. The summed E-state index contributed by atoms with van der Waals surface area (Å²) in [6, 6.07) is 13.4. The Morgan fingerprint density at radius 1 is 0.964 bits per heavy atom. The number of thioether (sulfide) groups is 2. The maximum absolute atomic E-state index is 12.3. The summed E-state index contributed by atoms with van der Waals surface area (Å²) in [6.45, 7) is 4.81. The van der Waals surface area contributed by atoms with Gasteiger partial charge in [-0.2, -0.15) is 0 Å². The predicted molar refractivity (Wildman–Crippen MR) is 117 cm³/mol. The molecule has 0 atom stereocenters. The number of hydrogen-bond acceptors (Lipinski definition) is 6. The number of hydrogen-bond donors (Lipinski definition) is 1. The van der Waals surface area contributed by atoms with Crippen molar-refractivity contribution >= 4 is 35.1 Å². The monoisotopic (exact) mass is 419 g/mol. The highest BCUT2D eigenvalue weighted by Crippen LogP contribution is 2.45. The number of ether oxygens (including phenoxy) is 3. The Kier molecular flexibility index (Phi) is 7.80. The Hall–Kier alpha value is -1.99. The lowest BCUT2D eigenvalue weighted by molar-refractivity contribution is -0.118. The number of rotatable bonds is 9. The van der Waals surface area contributed by atoms with Gasteiger partial charge in [0.15, 0.2) is 6.61 Å². The summed E-state index contributed by atoms with van der Waals surface area (Å²) in [5.41, 5.74) is 1.87.